The molecule has 0 aliphatic rings. The Kier molecular flexibility index (Phi) is 3.58. The Labute approximate surface area is 120 Å². The Bertz CT molecular complexity index is 690. The van der Waals surface area contributed by atoms with Gasteiger partial charge in [0.15, 0.2) is 5.25 Å². The molecule has 3 nitrogen and oxygen atoms in total. The van der Waals surface area contributed by atoms with E-state index in [2.05, 4.69) is 16.5 Å². The largest absolute Gasteiger partial charge is 0.608 e. The quantitative estimate of drug-likeness (QED) is 0.587. The first kappa shape index (κ1) is 13.0. The summed E-state index contributed by atoms with van der Waals surface area (Å²) in [5.41, 5.74) is 2.69. The fourth-order valence-electron chi connectivity index (χ4n) is 2.13. The fraction of sp³-hybridized carbons (Fsp3) is 0.0625. The molecule has 1 aromatic heterocycles. The smallest absolute Gasteiger partial charge is 0.322 e. The molecule has 0 fully saturated rings. The van der Waals surface area contributed by atoms with Gasteiger partial charge in [-0.15, -0.1) is 0 Å². The average molecular weight is 282 g/mol. The zero-order chi connectivity index (χ0) is 13.9. The molecule has 2 atom stereocenters. The van der Waals surface area contributed by atoms with Crippen molar-refractivity contribution in [1.29, 1.82) is 0 Å². The third-order valence-corrected chi connectivity index (χ3v) is 4.63. The molecule has 0 spiro atoms. The van der Waals surface area contributed by atoms with Gasteiger partial charge in [0.1, 0.15) is 0 Å². The summed E-state index contributed by atoms with van der Waals surface area (Å²) in [6, 6.07) is 17.4. The second-order valence-electron chi connectivity index (χ2n) is 4.42. The van der Waals surface area contributed by atoms with Crippen molar-refractivity contribution in [2.45, 2.75) is 10.4 Å². The lowest BCUT2D eigenvalue weighted by Crippen LogP contribution is -2.13. The highest BCUT2D eigenvalue weighted by Crippen LogP contribution is 2.29. The van der Waals surface area contributed by atoms with Crippen molar-refractivity contribution in [1.82, 2.24) is 9.97 Å². The molecular formula is C16H14N2OS. The van der Waals surface area contributed by atoms with Crippen molar-refractivity contribution in [3.05, 3.63) is 72.8 Å². The van der Waals surface area contributed by atoms with E-state index < -0.39 is 11.2 Å². The zero-order valence-electron chi connectivity index (χ0n) is 10.8. The number of para-hydroxylation sites is 2. The minimum atomic E-state index is -1.29. The first-order chi connectivity index (χ1) is 9.79. The van der Waals surface area contributed by atoms with Gasteiger partial charge < -0.3 is 4.55 Å². The molecule has 2 aromatic carbocycles. The molecule has 1 N–H and O–H groups in total. The lowest BCUT2D eigenvalue weighted by molar-refractivity contribution is 0.582. The molecule has 0 aliphatic heterocycles. The van der Waals surface area contributed by atoms with E-state index in [4.69, 9.17) is 0 Å². The molecule has 3 rings (SSSR count). The summed E-state index contributed by atoms with van der Waals surface area (Å²) >= 11 is -1.29. The first-order valence-corrected chi connectivity index (χ1v) is 7.53. The normalized spacial score (nSPS) is 14.1. The van der Waals surface area contributed by atoms with Crippen molar-refractivity contribution < 1.29 is 4.55 Å². The Morgan fingerprint density at radius 1 is 1.10 bits per heavy atom. The van der Waals surface area contributed by atoms with Crippen LogP contribution in [0.2, 0.25) is 0 Å². The molecule has 0 saturated heterocycles. The van der Waals surface area contributed by atoms with E-state index in [1.165, 1.54) is 0 Å². The van der Waals surface area contributed by atoms with Gasteiger partial charge in [0, 0.05) is 16.7 Å². The van der Waals surface area contributed by atoms with E-state index in [0.717, 1.165) is 16.6 Å². The number of nitrogens with one attached hydrogen (secondary N) is 1. The topological polar surface area (TPSA) is 51.7 Å². The van der Waals surface area contributed by atoms with Crippen molar-refractivity contribution >= 4 is 22.2 Å². The summed E-state index contributed by atoms with van der Waals surface area (Å²) in [4.78, 5) is 7.52. The number of H-pyrrole nitrogens is 1. The molecule has 4 heteroatoms. The summed E-state index contributed by atoms with van der Waals surface area (Å²) in [5, 5.41) is 0.219. The van der Waals surface area contributed by atoms with E-state index in [0.29, 0.717) is 5.16 Å². The summed E-state index contributed by atoms with van der Waals surface area (Å²) < 4.78 is 12.7. The van der Waals surface area contributed by atoms with Gasteiger partial charge >= 0.3 is 5.16 Å². The third kappa shape index (κ3) is 2.35. The van der Waals surface area contributed by atoms with Gasteiger partial charge in [-0.05, 0) is 18.2 Å². The predicted octanol–water partition coefficient (Wildman–Crippen LogP) is 3.60. The molecule has 3 aromatic rings. The van der Waals surface area contributed by atoms with E-state index >= 15 is 0 Å². The Balaban J connectivity index is 1.97. The van der Waals surface area contributed by atoms with Crippen LogP contribution < -0.4 is 0 Å². The molecule has 0 aliphatic carbocycles. The van der Waals surface area contributed by atoms with Crippen LogP contribution in [0.4, 0.5) is 0 Å². The van der Waals surface area contributed by atoms with Crippen LogP contribution in [-0.2, 0) is 11.2 Å². The SMILES string of the molecule is C=CC(c1ccccc1)[S+]([O-])c1nc2ccccc2[nH]1. The van der Waals surface area contributed by atoms with Crippen molar-refractivity contribution in [3.63, 3.8) is 0 Å². The van der Waals surface area contributed by atoms with Gasteiger partial charge in [-0.2, -0.15) is 4.98 Å². The van der Waals surface area contributed by atoms with Crippen molar-refractivity contribution in [2.24, 2.45) is 0 Å². The number of fused-ring (bicyclic) bond motifs is 1. The molecule has 0 radical (unpaired) electrons. The molecule has 0 saturated carbocycles. The van der Waals surface area contributed by atoms with Crippen molar-refractivity contribution in [3.8, 4) is 0 Å². The van der Waals surface area contributed by atoms with Gasteiger partial charge in [-0.25, -0.2) is 0 Å². The van der Waals surface area contributed by atoms with Crippen LogP contribution in [-0.4, -0.2) is 14.5 Å². The third-order valence-electron chi connectivity index (χ3n) is 3.13. The predicted molar refractivity (Wildman–Crippen MR) is 81.9 cm³/mol. The van der Waals surface area contributed by atoms with Gasteiger partial charge in [-0.1, -0.05) is 49.0 Å². The second-order valence-corrected chi connectivity index (χ2v) is 5.91. The first-order valence-electron chi connectivity index (χ1n) is 6.32. The van der Waals surface area contributed by atoms with Gasteiger partial charge in [0.25, 0.3) is 0 Å². The number of aromatic amines is 1. The maximum absolute atomic E-state index is 12.7. The minimum absolute atomic E-state index is 0.267. The van der Waals surface area contributed by atoms with E-state index in [9.17, 15) is 4.55 Å². The summed E-state index contributed by atoms with van der Waals surface area (Å²) in [6.45, 7) is 3.80. The number of hydrogen-bond acceptors (Lipinski definition) is 2. The van der Waals surface area contributed by atoms with Gasteiger partial charge in [0.05, 0.1) is 11.0 Å². The Morgan fingerprint density at radius 3 is 2.50 bits per heavy atom. The molecule has 0 bridgehead atoms. The number of rotatable bonds is 4. The molecule has 0 amide bonds. The number of aromatic nitrogens is 2. The molecule has 2 unspecified atom stereocenters. The number of nitrogens with zero attached hydrogens (tertiary/aromatic N) is 1. The minimum Gasteiger partial charge on any atom is -0.608 e. The van der Waals surface area contributed by atoms with E-state index in [1.807, 2.05) is 54.6 Å². The van der Waals surface area contributed by atoms with Gasteiger partial charge in [0.2, 0.25) is 0 Å². The monoisotopic (exact) mass is 282 g/mol. The number of hydrogen-bond donors (Lipinski definition) is 1. The highest BCUT2D eigenvalue weighted by molar-refractivity contribution is 7.91. The standard InChI is InChI=1S/C16H14N2OS/c1-2-15(12-8-4-3-5-9-12)20(19)16-17-13-10-6-7-11-14(13)18-16/h2-11,15H,1H2,(H,17,18). The highest BCUT2D eigenvalue weighted by Gasteiger charge is 2.26. The lowest BCUT2D eigenvalue weighted by atomic mass is 10.1. The van der Waals surface area contributed by atoms with Gasteiger partial charge in [-0.3, -0.25) is 4.98 Å². The van der Waals surface area contributed by atoms with Crippen molar-refractivity contribution in [2.75, 3.05) is 0 Å². The Morgan fingerprint density at radius 2 is 1.80 bits per heavy atom. The summed E-state index contributed by atoms with van der Waals surface area (Å²) in [7, 11) is 0. The van der Waals surface area contributed by atoms with Crippen LogP contribution in [0.25, 0.3) is 11.0 Å². The number of benzene rings is 2. The molecule has 100 valence electrons. The van der Waals surface area contributed by atoms with Crippen LogP contribution in [0.3, 0.4) is 0 Å². The second kappa shape index (κ2) is 5.53. The molecular weight excluding hydrogens is 268 g/mol. The Hall–Kier alpha value is -2.04. The zero-order valence-corrected chi connectivity index (χ0v) is 11.6. The fourth-order valence-corrected chi connectivity index (χ4v) is 3.35. The van der Waals surface area contributed by atoms with Crippen LogP contribution in [0.5, 0.6) is 0 Å². The molecule has 20 heavy (non-hydrogen) atoms. The van der Waals surface area contributed by atoms with Crippen LogP contribution in [0.15, 0.2) is 72.4 Å². The average Bonchev–Trinajstić information content (AvgIpc) is 2.93. The molecule has 1 heterocycles. The highest BCUT2D eigenvalue weighted by atomic mass is 32.2. The summed E-state index contributed by atoms with van der Waals surface area (Å²) in [6.07, 6.45) is 1.71. The maximum atomic E-state index is 12.7. The van der Waals surface area contributed by atoms with Crippen LogP contribution in [0.1, 0.15) is 10.8 Å². The lowest BCUT2D eigenvalue weighted by Gasteiger charge is -2.15. The van der Waals surface area contributed by atoms with E-state index in [1.54, 1.807) is 6.08 Å². The number of imidazole rings is 1. The summed E-state index contributed by atoms with van der Waals surface area (Å²) in [5.74, 6) is 0. The van der Waals surface area contributed by atoms with E-state index in [-0.39, 0.29) is 5.25 Å². The maximum Gasteiger partial charge on any atom is 0.322 e. The van der Waals surface area contributed by atoms with Crippen LogP contribution >= 0.6 is 0 Å². The van der Waals surface area contributed by atoms with Crippen LogP contribution in [0, 0.1) is 0 Å².